The van der Waals surface area contributed by atoms with Crippen molar-refractivity contribution in [2.75, 3.05) is 66.7 Å². The van der Waals surface area contributed by atoms with Crippen LogP contribution in [0.2, 0.25) is 0 Å². The van der Waals surface area contributed by atoms with Crippen LogP contribution in [0.25, 0.3) is 0 Å². The third-order valence-electron chi connectivity index (χ3n) is 10.1. The smallest absolute Gasteiger partial charge is 0.408 e. The average molecular weight is 904 g/mol. The monoisotopic (exact) mass is 903 g/mol. The van der Waals surface area contributed by atoms with Crippen molar-refractivity contribution >= 4 is 48.0 Å². The van der Waals surface area contributed by atoms with Gasteiger partial charge in [-0.15, -0.1) is 0 Å². The summed E-state index contributed by atoms with van der Waals surface area (Å²) in [5, 5.41) is 7.89. The van der Waals surface area contributed by atoms with Crippen LogP contribution in [0, 0.1) is 5.92 Å². The van der Waals surface area contributed by atoms with Gasteiger partial charge >= 0.3 is 36.2 Å². The second kappa shape index (κ2) is 29.3. The molecule has 1 aromatic carbocycles. The highest BCUT2D eigenvalue weighted by atomic mass is 16.6. The Kier molecular flexibility index (Phi) is 25.6. The third kappa shape index (κ3) is 20.8. The van der Waals surface area contributed by atoms with E-state index in [9.17, 15) is 38.4 Å². The Bertz CT molecular complexity index is 1590. The van der Waals surface area contributed by atoms with Crippen molar-refractivity contribution in [3.8, 4) is 0 Å². The highest BCUT2D eigenvalue weighted by molar-refractivity contribution is 5.87. The molecule has 3 N–H and O–H groups in total. The molecule has 64 heavy (non-hydrogen) atoms. The Morgan fingerprint density at radius 3 is 1.50 bits per heavy atom. The van der Waals surface area contributed by atoms with Gasteiger partial charge in [0.1, 0.15) is 30.5 Å². The maximum absolute atomic E-state index is 12.7. The summed E-state index contributed by atoms with van der Waals surface area (Å²) in [6.45, 7) is 19.0. The molecule has 19 heteroatoms. The number of likely N-dealkylation sites (N-methyl/N-ethyl adjacent to an activating group) is 2. The Balaban J connectivity index is 2.54. The van der Waals surface area contributed by atoms with Gasteiger partial charge in [-0.05, 0) is 96.9 Å². The number of hydrogen-bond acceptors (Lipinski definition) is 14. The zero-order valence-electron chi connectivity index (χ0n) is 38.7. The molecule has 19 nitrogen and oxygen atoms in total. The first-order chi connectivity index (χ1) is 30.3. The summed E-state index contributed by atoms with van der Waals surface area (Å²) < 4.78 is 31.4. The lowest BCUT2D eigenvalue weighted by Crippen LogP contribution is -2.42. The van der Waals surface area contributed by atoms with Crippen LogP contribution >= 0.6 is 0 Å². The number of nitrogens with zero attached hydrogens (tertiary/aromatic N) is 2. The standard InChI is InChI=1S/C45H69N5O14/c1-11-36(51)49(13-3)27-29-61-38(53)31-32(39(54)59-9)19-15-17-25-46-41(56)63-44(5,6)33-21-23-34(24-22-33)45(7,8)64-42(57)47-26-18-16-20-35(40(55)60-10)48-43(58)62-30-28-50(14-4)37(52)12-2/h11-12,21-24,32,35H,1-2,13-20,25-31H2,3-10H3,(H,46,56)(H,47,57)(H,48,58)/t32?,35-/m0/s1. The summed E-state index contributed by atoms with van der Waals surface area (Å²) >= 11 is 0. The molecule has 358 valence electrons. The van der Waals surface area contributed by atoms with E-state index in [1.54, 1.807) is 65.8 Å². The van der Waals surface area contributed by atoms with Crippen molar-refractivity contribution in [1.29, 1.82) is 0 Å². The number of nitrogens with one attached hydrogen (secondary N) is 3. The molecule has 0 radical (unpaired) electrons. The summed E-state index contributed by atoms with van der Waals surface area (Å²) in [4.78, 5) is 101. The highest BCUT2D eigenvalue weighted by Gasteiger charge is 2.30. The van der Waals surface area contributed by atoms with Gasteiger partial charge in [0, 0.05) is 26.2 Å². The average Bonchev–Trinajstić information content (AvgIpc) is 3.26. The van der Waals surface area contributed by atoms with Crippen LogP contribution in [0.3, 0.4) is 0 Å². The molecule has 2 atom stereocenters. The molecule has 1 aromatic rings. The van der Waals surface area contributed by atoms with Crippen LogP contribution in [-0.4, -0.2) is 131 Å². The van der Waals surface area contributed by atoms with Crippen molar-refractivity contribution in [3.63, 3.8) is 0 Å². The molecule has 0 saturated carbocycles. The number of benzene rings is 1. The second-order valence-corrected chi connectivity index (χ2v) is 15.5. The Hall–Kier alpha value is -6.14. The fraction of sp³-hybridized carbons (Fsp3) is 0.600. The number of unbranched alkanes of at least 4 members (excludes halogenated alkanes) is 2. The van der Waals surface area contributed by atoms with E-state index in [0.717, 1.165) is 0 Å². The number of esters is 3. The molecule has 0 heterocycles. The molecule has 0 bridgehead atoms. The van der Waals surface area contributed by atoms with E-state index in [-0.39, 0.29) is 64.0 Å². The number of carbonyl (C=O) groups is 8. The molecule has 0 fully saturated rings. The predicted octanol–water partition coefficient (Wildman–Crippen LogP) is 5.01. The van der Waals surface area contributed by atoms with Gasteiger partial charge in [0.25, 0.3) is 0 Å². The van der Waals surface area contributed by atoms with Crippen LogP contribution in [0.4, 0.5) is 14.4 Å². The van der Waals surface area contributed by atoms with Gasteiger partial charge < -0.3 is 54.2 Å². The Morgan fingerprint density at radius 2 is 1.08 bits per heavy atom. The van der Waals surface area contributed by atoms with Gasteiger partial charge in [-0.3, -0.25) is 19.2 Å². The van der Waals surface area contributed by atoms with Gasteiger partial charge in [0.05, 0.1) is 39.6 Å². The molecular weight excluding hydrogens is 835 g/mol. The summed E-state index contributed by atoms with van der Waals surface area (Å²) in [7, 11) is 2.44. The van der Waals surface area contributed by atoms with Gasteiger partial charge in [-0.1, -0.05) is 43.8 Å². The van der Waals surface area contributed by atoms with Crippen molar-refractivity contribution in [1.82, 2.24) is 25.8 Å². The topological polar surface area (TPSA) is 235 Å². The number of ether oxygens (including phenoxy) is 6. The Labute approximate surface area is 376 Å². The first kappa shape index (κ1) is 55.9. The summed E-state index contributed by atoms with van der Waals surface area (Å²) in [6, 6.07) is 6.12. The highest BCUT2D eigenvalue weighted by Crippen LogP contribution is 2.30. The minimum Gasteiger partial charge on any atom is -0.469 e. The summed E-state index contributed by atoms with van der Waals surface area (Å²) in [5.41, 5.74) is -0.692. The molecule has 0 aliphatic heterocycles. The summed E-state index contributed by atoms with van der Waals surface area (Å²) in [6.07, 6.45) is 2.49. The molecule has 0 spiro atoms. The van der Waals surface area contributed by atoms with E-state index >= 15 is 0 Å². The first-order valence-electron chi connectivity index (χ1n) is 21.4. The van der Waals surface area contributed by atoms with E-state index in [1.165, 1.54) is 36.2 Å². The van der Waals surface area contributed by atoms with Gasteiger partial charge in [0.15, 0.2) is 0 Å². The van der Waals surface area contributed by atoms with E-state index in [1.807, 2.05) is 0 Å². The lowest BCUT2D eigenvalue weighted by molar-refractivity contribution is -0.154. The molecular formula is C45H69N5O14. The van der Waals surface area contributed by atoms with Crippen molar-refractivity contribution in [3.05, 3.63) is 60.7 Å². The largest absolute Gasteiger partial charge is 0.469 e. The lowest BCUT2D eigenvalue weighted by atomic mass is 9.92. The third-order valence-corrected chi connectivity index (χ3v) is 10.1. The summed E-state index contributed by atoms with van der Waals surface area (Å²) in [5.74, 6) is -3.07. The number of methoxy groups -OCH3 is 2. The van der Waals surface area contributed by atoms with E-state index in [4.69, 9.17) is 28.4 Å². The van der Waals surface area contributed by atoms with Gasteiger partial charge in [0.2, 0.25) is 11.8 Å². The van der Waals surface area contributed by atoms with Crippen molar-refractivity contribution in [2.45, 2.75) is 104 Å². The molecule has 0 aromatic heterocycles. The zero-order chi connectivity index (χ0) is 48.3. The Morgan fingerprint density at radius 1 is 0.641 bits per heavy atom. The molecule has 1 unspecified atom stereocenters. The minimum absolute atomic E-state index is 0.0164. The minimum atomic E-state index is -1.03. The lowest BCUT2D eigenvalue weighted by Gasteiger charge is -2.28. The van der Waals surface area contributed by atoms with Crippen LogP contribution in [0.5, 0.6) is 0 Å². The maximum atomic E-state index is 12.7. The van der Waals surface area contributed by atoms with Gasteiger partial charge in [-0.25, -0.2) is 19.2 Å². The maximum Gasteiger partial charge on any atom is 0.408 e. The predicted molar refractivity (Wildman–Crippen MR) is 235 cm³/mol. The second-order valence-electron chi connectivity index (χ2n) is 15.5. The number of rotatable bonds is 29. The van der Waals surface area contributed by atoms with E-state index in [2.05, 4.69) is 29.1 Å². The number of amides is 5. The first-order valence-corrected chi connectivity index (χ1v) is 21.4. The van der Waals surface area contributed by atoms with Crippen molar-refractivity contribution < 1.29 is 66.8 Å². The fourth-order valence-corrected chi connectivity index (χ4v) is 6.23. The van der Waals surface area contributed by atoms with Crippen LogP contribution in [0.15, 0.2) is 49.6 Å². The molecule has 5 amide bonds. The van der Waals surface area contributed by atoms with Crippen LogP contribution in [0.1, 0.15) is 97.6 Å². The van der Waals surface area contributed by atoms with E-state index in [0.29, 0.717) is 56.3 Å². The molecule has 0 aliphatic carbocycles. The zero-order valence-corrected chi connectivity index (χ0v) is 38.7. The SMILES string of the molecule is C=CC(=O)N(CC)CCOC(=O)CC(CCCCNC(=O)OC(C)(C)c1ccc(C(C)(C)OC(=O)NCCCC[C@H](NC(=O)OCCN(CC)C(=O)C=C)C(=O)OC)cc1)C(=O)OC. The normalized spacial score (nSPS) is 11.9. The van der Waals surface area contributed by atoms with Crippen molar-refractivity contribution in [2.24, 2.45) is 5.92 Å². The number of hydrogen-bond donors (Lipinski definition) is 3. The molecule has 0 aliphatic rings. The number of alkyl carbamates (subject to hydrolysis) is 3. The van der Waals surface area contributed by atoms with Gasteiger partial charge in [-0.2, -0.15) is 0 Å². The number of carbonyl (C=O) groups excluding carboxylic acids is 8. The fourth-order valence-electron chi connectivity index (χ4n) is 6.23. The quantitative estimate of drug-likeness (QED) is 0.0415. The van der Waals surface area contributed by atoms with E-state index < -0.39 is 59.3 Å². The molecule has 1 rings (SSSR count). The molecule has 0 saturated heterocycles. The van der Waals surface area contributed by atoms with Crippen LogP contribution in [-0.2, 0) is 63.6 Å². The van der Waals surface area contributed by atoms with Crippen LogP contribution < -0.4 is 16.0 Å².